The second kappa shape index (κ2) is 13.7. The van der Waals surface area contributed by atoms with Gasteiger partial charge in [-0.3, -0.25) is 4.79 Å². The molecule has 0 saturated heterocycles. The second-order valence-corrected chi connectivity index (χ2v) is 7.90. The zero-order valence-corrected chi connectivity index (χ0v) is 15.8. The van der Waals surface area contributed by atoms with Crippen LogP contribution in [0, 0.1) is 11.8 Å². The van der Waals surface area contributed by atoms with Crippen molar-refractivity contribution < 1.29 is 15.0 Å². The van der Waals surface area contributed by atoms with E-state index in [1.807, 2.05) is 0 Å². The van der Waals surface area contributed by atoms with Crippen molar-refractivity contribution in [2.75, 3.05) is 0 Å². The van der Waals surface area contributed by atoms with Crippen molar-refractivity contribution in [1.82, 2.24) is 0 Å². The fourth-order valence-corrected chi connectivity index (χ4v) is 3.91. The van der Waals surface area contributed by atoms with Crippen LogP contribution in [0.1, 0.15) is 110 Å². The van der Waals surface area contributed by atoms with E-state index in [1.54, 1.807) is 0 Å². The Labute approximate surface area is 149 Å². The van der Waals surface area contributed by atoms with Crippen molar-refractivity contribution in [3.63, 3.8) is 0 Å². The predicted octanol–water partition coefficient (Wildman–Crippen LogP) is 5.94. The molecule has 0 radical (unpaired) electrons. The van der Waals surface area contributed by atoms with E-state index in [1.165, 1.54) is 51.4 Å². The summed E-state index contributed by atoms with van der Waals surface area (Å²) in [6, 6.07) is 0. The summed E-state index contributed by atoms with van der Waals surface area (Å²) in [5.41, 5.74) is 0. The number of aliphatic hydroxyl groups excluding tert-OH is 1. The molecule has 0 spiro atoms. The average molecular weight is 341 g/mol. The van der Waals surface area contributed by atoms with Gasteiger partial charge < -0.3 is 10.2 Å². The minimum Gasteiger partial charge on any atom is -0.481 e. The lowest BCUT2D eigenvalue weighted by molar-refractivity contribution is -0.139. The molecule has 1 fully saturated rings. The van der Waals surface area contributed by atoms with Crippen LogP contribution in [0.5, 0.6) is 0 Å². The Morgan fingerprint density at radius 2 is 1.46 bits per heavy atom. The lowest BCUT2D eigenvalue weighted by Crippen LogP contribution is -2.24. The molecule has 0 aromatic heterocycles. The molecule has 1 aliphatic rings. The Morgan fingerprint density at radius 1 is 0.917 bits per heavy atom. The molecule has 0 aromatic carbocycles. The Hall–Kier alpha value is -0.570. The molecule has 0 bridgehead atoms. The van der Waals surface area contributed by atoms with Crippen LogP contribution >= 0.6 is 0 Å². The number of hydrogen-bond acceptors (Lipinski definition) is 2. The number of aliphatic carboxylic acids is 1. The van der Waals surface area contributed by atoms with Gasteiger partial charge in [0.1, 0.15) is 0 Å². The van der Waals surface area contributed by atoms with E-state index in [0.717, 1.165) is 44.9 Å². The van der Waals surface area contributed by atoms with Crippen LogP contribution in [-0.4, -0.2) is 22.3 Å². The zero-order chi connectivity index (χ0) is 17.6. The smallest absolute Gasteiger partial charge is 0.303 e. The van der Waals surface area contributed by atoms with Crippen LogP contribution in [0.3, 0.4) is 0 Å². The highest BCUT2D eigenvalue weighted by Crippen LogP contribution is 2.37. The molecule has 2 N–H and O–H groups in total. The molecule has 3 heteroatoms. The van der Waals surface area contributed by atoms with Crippen LogP contribution in [0.4, 0.5) is 0 Å². The number of carboxylic acid groups (broad SMARTS) is 1. The van der Waals surface area contributed by atoms with Gasteiger partial charge in [0.15, 0.2) is 0 Å². The maximum absolute atomic E-state index is 11.0. The van der Waals surface area contributed by atoms with Gasteiger partial charge in [-0.2, -0.15) is 0 Å². The zero-order valence-electron chi connectivity index (χ0n) is 15.8. The Balaban J connectivity index is 1.96. The SMILES string of the molecule is CCCCCCCCC(O)CCCCCC(CC(=O)O)C1CCC1. The van der Waals surface area contributed by atoms with Gasteiger partial charge in [0, 0.05) is 6.42 Å². The van der Waals surface area contributed by atoms with Gasteiger partial charge in [-0.25, -0.2) is 0 Å². The number of carboxylic acids is 1. The van der Waals surface area contributed by atoms with Crippen LogP contribution < -0.4 is 0 Å². The summed E-state index contributed by atoms with van der Waals surface area (Å²) in [5, 5.41) is 19.1. The second-order valence-electron chi connectivity index (χ2n) is 7.90. The van der Waals surface area contributed by atoms with Crippen LogP contribution in [-0.2, 0) is 4.79 Å². The molecular formula is C21H40O3. The highest BCUT2D eigenvalue weighted by Gasteiger charge is 2.28. The molecule has 3 nitrogen and oxygen atoms in total. The van der Waals surface area contributed by atoms with Crippen molar-refractivity contribution in [3.8, 4) is 0 Å². The van der Waals surface area contributed by atoms with E-state index in [0.29, 0.717) is 18.3 Å². The van der Waals surface area contributed by atoms with E-state index in [-0.39, 0.29) is 6.10 Å². The Bertz CT molecular complexity index is 312. The number of carbonyl (C=O) groups is 1. The van der Waals surface area contributed by atoms with Gasteiger partial charge in [0.05, 0.1) is 6.10 Å². The summed E-state index contributed by atoms with van der Waals surface area (Å²) in [4.78, 5) is 11.0. The third-order valence-corrected chi connectivity index (χ3v) is 5.76. The minimum atomic E-state index is -0.638. The number of aliphatic hydroxyl groups is 1. The third kappa shape index (κ3) is 10.3. The molecular weight excluding hydrogens is 300 g/mol. The summed E-state index contributed by atoms with van der Waals surface area (Å²) in [6.45, 7) is 2.24. The monoisotopic (exact) mass is 340 g/mol. The molecule has 2 atom stereocenters. The molecule has 1 rings (SSSR count). The highest BCUT2D eigenvalue weighted by atomic mass is 16.4. The van der Waals surface area contributed by atoms with Gasteiger partial charge in [-0.1, -0.05) is 84.0 Å². The minimum absolute atomic E-state index is 0.127. The first-order chi connectivity index (χ1) is 11.6. The van der Waals surface area contributed by atoms with E-state index in [9.17, 15) is 9.90 Å². The molecule has 142 valence electrons. The summed E-state index contributed by atoms with van der Waals surface area (Å²) in [5.74, 6) is 0.421. The highest BCUT2D eigenvalue weighted by molar-refractivity contribution is 5.67. The summed E-state index contributed by atoms with van der Waals surface area (Å²) >= 11 is 0. The van der Waals surface area contributed by atoms with Gasteiger partial charge in [-0.15, -0.1) is 0 Å². The number of rotatable bonds is 16. The topological polar surface area (TPSA) is 57.5 Å². The van der Waals surface area contributed by atoms with Crippen LogP contribution in [0.15, 0.2) is 0 Å². The molecule has 1 aliphatic carbocycles. The quantitative estimate of drug-likeness (QED) is 0.342. The molecule has 0 aliphatic heterocycles. The normalized spacial score (nSPS) is 17.4. The standard InChI is InChI=1S/C21H40O3/c1-2-3-4-5-6-9-15-20(22)16-10-7-8-12-19(17-21(23)24)18-13-11-14-18/h18-20,22H,2-17H2,1H3,(H,23,24). The summed E-state index contributed by atoms with van der Waals surface area (Å²) < 4.78 is 0. The lowest BCUT2D eigenvalue weighted by Gasteiger charge is -2.33. The third-order valence-electron chi connectivity index (χ3n) is 5.76. The van der Waals surface area contributed by atoms with E-state index in [4.69, 9.17) is 5.11 Å². The predicted molar refractivity (Wildman–Crippen MR) is 100 cm³/mol. The van der Waals surface area contributed by atoms with Crippen molar-refractivity contribution in [2.24, 2.45) is 11.8 Å². The van der Waals surface area contributed by atoms with Gasteiger partial charge >= 0.3 is 5.97 Å². The van der Waals surface area contributed by atoms with E-state index in [2.05, 4.69) is 6.92 Å². The van der Waals surface area contributed by atoms with E-state index >= 15 is 0 Å². The first kappa shape index (κ1) is 21.5. The molecule has 24 heavy (non-hydrogen) atoms. The Kier molecular flexibility index (Phi) is 12.2. The maximum Gasteiger partial charge on any atom is 0.303 e. The van der Waals surface area contributed by atoms with Gasteiger partial charge in [0.2, 0.25) is 0 Å². The van der Waals surface area contributed by atoms with Crippen molar-refractivity contribution in [3.05, 3.63) is 0 Å². The molecule has 0 heterocycles. The fraction of sp³-hybridized carbons (Fsp3) is 0.952. The first-order valence-electron chi connectivity index (χ1n) is 10.5. The van der Waals surface area contributed by atoms with Gasteiger partial charge in [0.25, 0.3) is 0 Å². The van der Waals surface area contributed by atoms with Crippen molar-refractivity contribution in [1.29, 1.82) is 0 Å². The number of unbranched alkanes of at least 4 members (excludes halogenated alkanes) is 7. The number of hydrogen-bond donors (Lipinski definition) is 2. The van der Waals surface area contributed by atoms with Crippen molar-refractivity contribution in [2.45, 2.75) is 116 Å². The largest absolute Gasteiger partial charge is 0.481 e. The Morgan fingerprint density at radius 3 is 2.00 bits per heavy atom. The fourth-order valence-electron chi connectivity index (χ4n) is 3.91. The summed E-state index contributed by atoms with van der Waals surface area (Å²) in [7, 11) is 0. The summed E-state index contributed by atoms with van der Waals surface area (Å²) in [6.07, 6.45) is 17.9. The van der Waals surface area contributed by atoms with E-state index < -0.39 is 5.97 Å². The average Bonchev–Trinajstić information content (AvgIpc) is 2.48. The molecule has 0 aromatic rings. The van der Waals surface area contributed by atoms with Crippen LogP contribution in [0.2, 0.25) is 0 Å². The maximum atomic E-state index is 11.0. The van der Waals surface area contributed by atoms with Crippen LogP contribution in [0.25, 0.3) is 0 Å². The van der Waals surface area contributed by atoms with Gasteiger partial charge in [-0.05, 0) is 31.1 Å². The van der Waals surface area contributed by atoms with Crippen molar-refractivity contribution >= 4 is 5.97 Å². The molecule has 1 saturated carbocycles. The lowest BCUT2D eigenvalue weighted by atomic mass is 9.72. The molecule has 0 amide bonds. The first-order valence-corrected chi connectivity index (χ1v) is 10.5. The molecule has 2 unspecified atom stereocenters.